The molecule has 0 radical (unpaired) electrons. The number of benzene rings is 8. The van der Waals surface area contributed by atoms with Gasteiger partial charge in [-0.1, -0.05) is 84.9 Å². The lowest BCUT2D eigenvalue weighted by Crippen LogP contribution is -2.44. The summed E-state index contributed by atoms with van der Waals surface area (Å²) in [6.07, 6.45) is 21.6. The van der Waals surface area contributed by atoms with Crippen LogP contribution in [-0.2, 0) is 60.7 Å². The van der Waals surface area contributed by atoms with E-state index in [9.17, 15) is 77.8 Å². The summed E-state index contributed by atoms with van der Waals surface area (Å²) in [5.74, 6) is 0. The van der Waals surface area contributed by atoms with Gasteiger partial charge in [-0.2, -0.15) is 16.8 Å². The zero-order valence-electron chi connectivity index (χ0n) is 71.1. The molecule has 4 aliphatic carbocycles. The first-order valence-electron chi connectivity index (χ1n) is 37.0. The number of aliphatic imine (C=N–C) groups is 1. The molecule has 0 saturated heterocycles. The molecule has 8 aromatic carbocycles. The van der Waals surface area contributed by atoms with Crippen LogP contribution in [0.1, 0.15) is 58.4 Å². The van der Waals surface area contributed by atoms with Crippen molar-refractivity contribution in [3.63, 3.8) is 0 Å². The van der Waals surface area contributed by atoms with E-state index in [0.29, 0.717) is 0 Å². The Bertz CT molecular complexity index is 6360. The second-order valence-corrected chi connectivity index (χ2v) is 37.2. The van der Waals surface area contributed by atoms with Crippen LogP contribution >= 0.6 is 0 Å². The third-order valence-electron chi connectivity index (χ3n) is 19.6. The van der Waals surface area contributed by atoms with Crippen molar-refractivity contribution in [3.05, 3.63) is 345 Å². The number of nitrogen functional groups attached to an aromatic ring is 4. The average Bonchev–Trinajstić information content (AvgIpc) is 0.766. The summed E-state index contributed by atoms with van der Waals surface area (Å²) < 4.78 is 209. The van der Waals surface area contributed by atoms with Crippen molar-refractivity contribution in [3.8, 4) is 0 Å². The van der Waals surface area contributed by atoms with Gasteiger partial charge in [0, 0.05) is 123 Å². The van der Waals surface area contributed by atoms with Crippen LogP contribution in [0, 0.1) is 20.3 Å². The summed E-state index contributed by atoms with van der Waals surface area (Å²) in [7, 11) is -9.65. The third-order valence-corrected chi connectivity index (χ3v) is 25.0. The first kappa shape index (κ1) is 100. The molecule has 36 heteroatoms. The van der Waals surface area contributed by atoms with Crippen molar-refractivity contribution < 1.29 is 87.8 Å². The van der Waals surface area contributed by atoms with Crippen LogP contribution in [0.4, 0.5) is 45.5 Å². The van der Waals surface area contributed by atoms with E-state index in [4.69, 9.17) is 33.8 Å². The molecule has 0 fully saturated rings. The molecule has 0 saturated carbocycles. The minimum absolute atomic E-state index is 0. The molecule has 14 N–H and O–H groups in total. The number of nitrogens with two attached hydrogens (primary N) is 5. The molecule has 0 bridgehead atoms. The van der Waals surface area contributed by atoms with Crippen LogP contribution in [0.25, 0.3) is 22.3 Å². The van der Waals surface area contributed by atoms with Crippen molar-refractivity contribution in [2.45, 2.75) is 33.4 Å². The number of rotatable bonds is 18. The number of hydrogen-bond acceptors (Lipinski definition) is 26. The zero-order valence-corrected chi connectivity index (χ0v) is 76.0. The van der Waals surface area contributed by atoms with Crippen LogP contribution in [0.3, 0.4) is 0 Å². The topological polar surface area (TPSA) is 528 Å². The van der Waals surface area contributed by atoms with Gasteiger partial charge in [-0.3, -0.25) is 24.9 Å². The maximum Gasteiger partial charge on any atom is 0.296 e. The van der Waals surface area contributed by atoms with E-state index in [2.05, 4.69) is 232 Å². The zero-order chi connectivity index (χ0) is 91.8. The minimum atomic E-state index is -5.13. The smallest absolute Gasteiger partial charge is 0.296 e. The normalized spacial score (nSPS) is 14.7. The molecular formula is C90H96N12O18S6. The lowest BCUT2D eigenvalue weighted by Gasteiger charge is -2.22. The first-order chi connectivity index (χ1) is 57.8. The summed E-state index contributed by atoms with van der Waals surface area (Å²) in [4.78, 5) is 5.97. The Balaban J connectivity index is 0.000000231. The second-order valence-electron chi connectivity index (χ2n) is 29.0. The maximum atomic E-state index is 11.8. The summed E-state index contributed by atoms with van der Waals surface area (Å²) in [6, 6.07) is 48.1. The highest BCUT2D eigenvalue weighted by atomic mass is 32.2. The Labute approximate surface area is 736 Å². The van der Waals surface area contributed by atoms with Crippen LogP contribution in [0.5, 0.6) is 0 Å². The van der Waals surface area contributed by atoms with E-state index in [0.717, 1.165) is 72.1 Å². The fraction of sp³-hybridized carbons (Fsp3) is 0.133. The summed E-state index contributed by atoms with van der Waals surface area (Å²) >= 11 is 0. The Morgan fingerprint density at radius 3 is 0.960 bits per heavy atom. The standard InChI is InChI=1S/2C24H27N3.2C20H19N3O9S3.2CH3/c2*1-25-21-12-6-18(7-13-21)24(19-8-14-22(15-9-19)26(2)3)20-10-16-23(17-11-20)27(4)5;2*1-10-6-13(9-18(20(10)23)35(30,31)32)19(11-2-4-14(21)16(7-11)33(24,25)26)12-3-5-15(22)17(8-12)34(27,28)29;;/h2*6-17H,1-5H3;2*2-9,23H,21-22H2,1H3,(H,24,25,26)(H,27,28,29)(H,30,31,32);2*1H3/q;;;;2*+1/p-2. The number of anilines is 8. The van der Waals surface area contributed by atoms with Crippen LogP contribution in [0.15, 0.2) is 311 Å². The molecule has 0 aromatic heterocycles. The van der Waals surface area contributed by atoms with Gasteiger partial charge in [-0.25, -0.2) is 38.2 Å². The van der Waals surface area contributed by atoms with Crippen LogP contribution in [0.2, 0.25) is 0 Å². The molecule has 0 unspecified atom stereocenters. The van der Waals surface area contributed by atoms with E-state index in [1.54, 1.807) is 0 Å². The largest absolute Gasteiger partial charge is 0.744 e. The third kappa shape index (κ3) is 24.3. The van der Waals surface area contributed by atoms with Crippen LogP contribution in [-0.4, -0.2) is 176 Å². The van der Waals surface area contributed by atoms with Crippen molar-refractivity contribution >= 4 is 151 Å². The Morgan fingerprint density at radius 2 is 0.675 bits per heavy atom. The van der Waals surface area contributed by atoms with Gasteiger partial charge in [-0.05, 0) is 254 Å². The molecule has 0 heterocycles. The van der Waals surface area contributed by atoms with Gasteiger partial charge >= 0.3 is 0 Å². The monoisotopic (exact) mass is 1820 g/mol. The molecule has 0 atom stereocenters. The highest BCUT2D eigenvalue weighted by Gasteiger charge is 2.29. The molecule has 0 aliphatic heterocycles. The highest BCUT2D eigenvalue weighted by Crippen LogP contribution is 2.41. The lowest BCUT2D eigenvalue weighted by molar-refractivity contribution is -0.462. The van der Waals surface area contributed by atoms with Crippen molar-refractivity contribution in [2.75, 3.05) is 113 Å². The molecule has 30 nitrogen and oxygen atoms in total. The van der Waals surface area contributed by atoms with Gasteiger partial charge in [0.25, 0.3) is 20.2 Å². The van der Waals surface area contributed by atoms with Crippen LogP contribution < -0.4 is 48.4 Å². The van der Waals surface area contributed by atoms with E-state index in [1.807, 2.05) is 14.1 Å². The van der Waals surface area contributed by atoms with Gasteiger partial charge in [-0.15, -0.1) is 0 Å². The van der Waals surface area contributed by atoms with Gasteiger partial charge in [0.05, 0.1) is 37.5 Å². The quantitative estimate of drug-likeness (QED) is 0.0167. The molecular weight excluding hydrogens is 1730 g/mol. The Hall–Kier alpha value is -13.1. The van der Waals surface area contributed by atoms with Gasteiger partial charge < -0.3 is 61.2 Å². The van der Waals surface area contributed by atoms with Gasteiger partial charge in [0.2, 0.25) is 5.71 Å². The SMILES string of the molecule is CC1=CC(=C(c2ccc(N)c(S(=O)(=O)[O-])c2)c2ccc(N)c(S(=O)(=O)O)c2)C=C(S(=O)(=O)[O-])C1=N.CC1=CC(=C(c2ccc(N)c(S(=O)(=O)[O-])c2)c2ccc(N)c(S(=O)(=O)O)c2)C=C(S(=O)(=O)[O-])C1=[NH2+].CN=C1C=CC(=C(c2ccc(N(C)C)cc2)c2ccc(N(C)C)cc2)C=C1.CNc1ccc(C(=C2C=CC(=[N+](C)C)C=C2)c2ccc(N(C)C)cc2)cc1.[CH3+].[CH3+]. The number of nitrogens with zero attached hydrogens (tertiary/aromatic N) is 5. The molecule has 126 heavy (non-hydrogen) atoms. The van der Waals surface area contributed by atoms with Crippen molar-refractivity contribution in [2.24, 2.45) is 4.99 Å². The lowest BCUT2D eigenvalue weighted by atomic mass is 9.89. The fourth-order valence-electron chi connectivity index (χ4n) is 13.1. The second kappa shape index (κ2) is 40.3. The van der Waals surface area contributed by atoms with Crippen molar-refractivity contribution in [1.82, 2.24) is 0 Å². The van der Waals surface area contributed by atoms with E-state index >= 15 is 0 Å². The summed E-state index contributed by atoms with van der Waals surface area (Å²) in [5.41, 5.74) is 36.9. The van der Waals surface area contributed by atoms with Gasteiger partial charge in [0.1, 0.15) is 69.3 Å². The predicted octanol–water partition coefficient (Wildman–Crippen LogP) is 10.8. The number of allylic oxidation sites excluding steroid dienone is 20. The van der Waals surface area contributed by atoms with Gasteiger partial charge in [0.15, 0.2) is 5.71 Å². The molecule has 8 aromatic rings. The van der Waals surface area contributed by atoms with E-state index in [-0.39, 0.29) is 99.0 Å². The maximum absolute atomic E-state index is 11.8. The molecule has 4 aliphatic rings. The summed E-state index contributed by atoms with van der Waals surface area (Å²) in [6.45, 7) is 2.76. The average molecular weight is 1830 g/mol. The minimum Gasteiger partial charge on any atom is -0.744 e. The first-order valence-corrected chi connectivity index (χ1v) is 45.5. The Kier molecular flexibility index (Phi) is 32.0. The highest BCUT2D eigenvalue weighted by molar-refractivity contribution is 7.91. The molecule has 12 rings (SSSR count). The summed E-state index contributed by atoms with van der Waals surface area (Å²) in [5, 5.41) is 16.9. The molecule has 0 amide bonds. The van der Waals surface area contributed by atoms with E-state index < -0.39 is 95.8 Å². The molecule has 660 valence electrons. The fourth-order valence-corrected chi connectivity index (χ4v) is 17.1. The Morgan fingerprint density at radius 1 is 0.397 bits per heavy atom. The molecule has 0 spiro atoms. The number of nitrogens with one attached hydrogen (secondary N) is 2. The number of hydrogen-bond donors (Lipinski definition) is 9. The van der Waals surface area contributed by atoms with Crippen molar-refractivity contribution in [1.29, 1.82) is 5.41 Å². The van der Waals surface area contributed by atoms with E-state index in [1.165, 1.54) is 118 Å². The predicted molar refractivity (Wildman–Crippen MR) is 499 cm³/mol.